The molecule has 0 amide bonds. The Labute approximate surface area is 133 Å². The average molecular weight is 312 g/mol. The summed E-state index contributed by atoms with van der Waals surface area (Å²) in [5.74, 6) is 1.83. The minimum Gasteiger partial charge on any atom is -0.497 e. The first-order valence-corrected chi connectivity index (χ1v) is 7.96. The number of fused-ring (bicyclic) bond motifs is 1. The van der Waals surface area contributed by atoms with Gasteiger partial charge in [-0.15, -0.1) is 11.8 Å². The highest BCUT2D eigenvalue weighted by Crippen LogP contribution is 2.30. The van der Waals surface area contributed by atoms with Crippen LogP contribution in [-0.4, -0.2) is 18.6 Å². The van der Waals surface area contributed by atoms with Crippen LogP contribution in [0, 0.1) is 6.92 Å². The van der Waals surface area contributed by atoms with Gasteiger partial charge in [-0.3, -0.25) is 4.79 Å². The average Bonchev–Trinajstić information content (AvgIpc) is 2.88. The van der Waals surface area contributed by atoms with Crippen LogP contribution in [0.1, 0.15) is 16.1 Å². The van der Waals surface area contributed by atoms with Crippen molar-refractivity contribution in [3.63, 3.8) is 0 Å². The zero-order valence-corrected chi connectivity index (χ0v) is 13.3. The number of benzene rings is 2. The molecule has 0 bridgehead atoms. The van der Waals surface area contributed by atoms with E-state index in [0.717, 1.165) is 16.0 Å². The molecule has 0 spiro atoms. The maximum absolute atomic E-state index is 12.6. The molecule has 2 aromatic carbocycles. The quantitative estimate of drug-likeness (QED) is 0.504. The summed E-state index contributed by atoms with van der Waals surface area (Å²) >= 11 is 1.53. The van der Waals surface area contributed by atoms with Gasteiger partial charge in [0.2, 0.25) is 0 Å². The Morgan fingerprint density at radius 1 is 1.18 bits per heavy atom. The number of ether oxygens (including phenoxy) is 1. The molecule has 0 atom stereocenters. The van der Waals surface area contributed by atoms with Gasteiger partial charge in [0.05, 0.1) is 18.4 Å². The fourth-order valence-corrected chi connectivity index (χ4v) is 3.20. The molecular weight excluding hydrogens is 296 g/mol. The monoisotopic (exact) mass is 312 g/mol. The second-order valence-corrected chi connectivity index (χ2v) is 5.97. The Balaban J connectivity index is 1.88. The van der Waals surface area contributed by atoms with Crippen molar-refractivity contribution in [2.75, 3.05) is 12.9 Å². The fraction of sp³-hybridized carbons (Fsp3) is 0.167. The van der Waals surface area contributed by atoms with Crippen molar-refractivity contribution in [3.05, 3.63) is 59.9 Å². The van der Waals surface area contributed by atoms with E-state index >= 15 is 0 Å². The number of aryl methyl sites for hydroxylation is 1. The molecule has 0 aliphatic rings. The topological polar surface area (TPSA) is 39.4 Å². The molecule has 0 aliphatic carbocycles. The zero-order valence-electron chi connectivity index (χ0n) is 12.5. The molecule has 0 saturated heterocycles. The van der Waals surface area contributed by atoms with Crippen LogP contribution >= 0.6 is 11.8 Å². The molecule has 22 heavy (non-hydrogen) atoms. The summed E-state index contributed by atoms with van der Waals surface area (Å²) in [6, 6.07) is 15.4. The Morgan fingerprint density at radius 3 is 2.68 bits per heavy atom. The van der Waals surface area contributed by atoms with Gasteiger partial charge in [0.1, 0.15) is 17.1 Å². The molecule has 1 aromatic heterocycles. The van der Waals surface area contributed by atoms with Gasteiger partial charge in [-0.05, 0) is 37.3 Å². The number of carbonyl (C=O) groups is 1. The Bertz CT molecular complexity index is 806. The van der Waals surface area contributed by atoms with Crippen molar-refractivity contribution < 1.29 is 13.9 Å². The number of rotatable bonds is 5. The van der Waals surface area contributed by atoms with Gasteiger partial charge in [-0.2, -0.15) is 0 Å². The van der Waals surface area contributed by atoms with E-state index in [-0.39, 0.29) is 5.78 Å². The van der Waals surface area contributed by atoms with Crippen LogP contribution in [0.25, 0.3) is 11.0 Å². The third-order valence-electron chi connectivity index (χ3n) is 3.46. The van der Waals surface area contributed by atoms with E-state index in [1.54, 1.807) is 7.11 Å². The smallest absolute Gasteiger partial charge is 0.177 e. The van der Waals surface area contributed by atoms with Crippen molar-refractivity contribution in [1.82, 2.24) is 0 Å². The number of thioether (sulfide) groups is 1. The summed E-state index contributed by atoms with van der Waals surface area (Å²) in [5.41, 5.74) is 1.36. The highest BCUT2D eigenvalue weighted by molar-refractivity contribution is 8.00. The van der Waals surface area contributed by atoms with Crippen LogP contribution in [0.3, 0.4) is 0 Å². The summed E-state index contributed by atoms with van der Waals surface area (Å²) in [7, 11) is 1.61. The molecule has 0 unspecified atom stereocenters. The van der Waals surface area contributed by atoms with E-state index in [2.05, 4.69) is 0 Å². The Morgan fingerprint density at radius 2 is 1.95 bits per heavy atom. The van der Waals surface area contributed by atoms with Gasteiger partial charge in [-0.25, -0.2) is 0 Å². The summed E-state index contributed by atoms with van der Waals surface area (Å²) in [4.78, 5) is 13.7. The lowest BCUT2D eigenvalue weighted by molar-refractivity contribution is 0.102. The number of hydrogen-bond donors (Lipinski definition) is 0. The number of ketones is 1. The third kappa shape index (κ3) is 2.88. The molecule has 0 saturated carbocycles. The maximum Gasteiger partial charge on any atom is 0.177 e. The van der Waals surface area contributed by atoms with E-state index < -0.39 is 0 Å². The van der Waals surface area contributed by atoms with E-state index in [1.165, 1.54) is 11.8 Å². The standard InChI is InChI=1S/C18H16O3S/c1-12-18(15-10-13(20-2)8-9-17(15)21-12)16(19)11-22-14-6-4-3-5-7-14/h3-10H,11H2,1-2H3. The predicted molar refractivity (Wildman–Crippen MR) is 89.0 cm³/mol. The van der Waals surface area contributed by atoms with Gasteiger partial charge in [-0.1, -0.05) is 18.2 Å². The summed E-state index contributed by atoms with van der Waals surface area (Å²) in [6.45, 7) is 1.83. The Kier molecular flexibility index (Phi) is 4.20. The number of carbonyl (C=O) groups excluding carboxylic acids is 1. The first kappa shape index (κ1) is 14.7. The van der Waals surface area contributed by atoms with Gasteiger partial charge in [0.25, 0.3) is 0 Å². The SMILES string of the molecule is COc1ccc2oc(C)c(C(=O)CSc3ccccc3)c2c1. The van der Waals surface area contributed by atoms with E-state index in [0.29, 0.717) is 22.7 Å². The van der Waals surface area contributed by atoms with Crippen LogP contribution in [0.5, 0.6) is 5.75 Å². The molecule has 3 aromatic rings. The van der Waals surface area contributed by atoms with Gasteiger partial charge < -0.3 is 9.15 Å². The van der Waals surface area contributed by atoms with Crippen LogP contribution in [0.4, 0.5) is 0 Å². The van der Waals surface area contributed by atoms with Crippen molar-refractivity contribution >= 4 is 28.5 Å². The van der Waals surface area contributed by atoms with Crippen LogP contribution in [0.15, 0.2) is 57.8 Å². The molecule has 0 radical (unpaired) electrons. The second-order valence-electron chi connectivity index (χ2n) is 4.92. The molecule has 3 nitrogen and oxygen atoms in total. The third-order valence-corrected chi connectivity index (χ3v) is 4.48. The van der Waals surface area contributed by atoms with E-state index in [9.17, 15) is 4.79 Å². The number of Topliss-reactive ketones (excluding diaryl/α,β-unsaturated/α-hetero) is 1. The highest BCUT2D eigenvalue weighted by Gasteiger charge is 2.18. The van der Waals surface area contributed by atoms with Crippen molar-refractivity contribution in [2.24, 2.45) is 0 Å². The van der Waals surface area contributed by atoms with Crippen molar-refractivity contribution in [2.45, 2.75) is 11.8 Å². The van der Waals surface area contributed by atoms with Gasteiger partial charge in [0.15, 0.2) is 5.78 Å². The Hall–Kier alpha value is -2.20. The molecule has 0 fully saturated rings. The first-order valence-electron chi connectivity index (χ1n) is 6.97. The molecule has 1 heterocycles. The first-order chi connectivity index (χ1) is 10.7. The summed E-state index contributed by atoms with van der Waals surface area (Å²) in [6.07, 6.45) is 0. The van der Waals surface area contributed by atoms with Crippen molar-refractivity contribution in [1.29, 1.82) is 0 Å². The predicted octanol–water partition coefficient (Wildman–Crippen LogP) is 4.72. The normalized spacial score (nSPS) is 10.8. The van der Waals surface area contributed by atoms with E-state index in [1.807, 2.05) is 55.5 Å². The van der Waals surface area contributed by atoms with E-state index in [4.69, 9.17) is 9.15 Å². The number of hydrogen-bond acceptors (Lipinski definition) is 4. The minimum absolute atomic E-state index is 0.0679. The second kappa shape index (κ2) is 6.28. The molecule has 3 rings (SSSR count). The lowest BCUT2D eigenvalue weighted by Crippen LogP contribution is -2.03. The summed E-state index contributed by atoms with van der Waals surface area (Å²) in [5, 5.41) is 0.815. The van der Waals surface area contributed by atoms with Crippen molar-refractivity contribution in [3.8, 4) is 5.75 Å². The number of methoxy groups -OCH3 is 1. The molecule has 0 aliphatic heterocycles. The molecule has 0 N–H and O–H groups in total. The lowest BCUT2D eigenvalue weighted by Gasteiger charge is -2.02. The van der Waals surface area contributed by atoms with Gasteiger partial charge in [0, 0.05) is 10.3 Å². The number of furan rings is 1. The van der Waals surface area contributed by atoms with Crippen LogP contribution in [-0.2, 0) is 0 Å². The molecular formula is C18H16O3S. The van der Waals surface area contributed by atoms with Gasteiger partial charge >= 0.3 is 0 Å². The lowest BCUT2D eigenvalue weighted by atomic mass is 10.1. The molecule has 112 valence electrons. The minimum atomic E-state index is 0.0679. The fourth-order valence-electron chi connectivity index (χ4n) is 2.41. The highest BCUT2D eigenvalue weighted by atomic mass is 32.2. The van der Waals surface area contributed by atoms with Crippen LogP contribution < -0.4 is 4.74 Å². The largest absolute Gasteiger partial charge is 0.497 e. The zero-order chi connectivity index (χ0) is 15.5. The summed E-state index contributed by atoms with van der Waals surface area (Å²) < 4.78 is 10.9. The molecule has 4 heteroatoms. The maximum atomic E-state index is 12.6. The van der Waals surface area contributed by atoms with Crippen LogP contribution in [0.2, 0.25) is 0 Å².